The minimum atomic E-state index is -1.41. The Hall–Kier alpha value is -2.33. The van der Waals surface area contributed by atoms with Crippen LogP contribution in [0.1, 0.15) is 0 Å². The Morgan fingerprint density at radius 2 is 1.68 bits per heavy atom. The molecule has 22 heavy (non-hydrogen) atoms. The van der Waals surface area contributed by atoms with Crippen molar-refractivity contribution in [1.82, 2.24) is 9.78 Å². The summed E-state index contributed by atoms with van der Waals surface area (Å²) in [5.41, 5.74) is 2.81. The molecule has 2 heterocycles. The van der Waals surface area contributed by atoms with Gasteiger partial charge in [-0.05, 0) is 18.2 Å². The third-order valence-corrected chi connectivity index (χ3v) is 5.79. The van der Waals surface area contributed by atoms with E-state index in [1.165, 1.54) is 5.32 Å². The quantitative estimate of drug-likeness (QED) is 0.516. The van der Waals surface area contributed by atoms with Crippen molar-refractivity contribution in [3.05, 3.63) is 54.7 Å². The monoisotopic (exact) mass is 306 g/mol. The average molecular weight is 306 g/mol. The van der Waals surface area contributed by atoms with Gasteiger partial charge >= 0.3 is 0 Å². The van der Waals surface area contributed by atoms with Crippen LogP contribution in [0, 0.1) is 0 Å². The Labute approximate surface area is 130 Å². The van der Waals surface area contributed by atoms with Crippen molar-refractivity contribution in [2.45, 2.75) is 19.6 Å². The van der Waals surface area contributed by atoms with Crippen LogP contribution in [-0.4, -0.2) is 17.9 Å². The number of nitrogens with zero attached hydrogens (tertiary/aromatic N) is 2. The highest BCUT2D eigenvalue weighted by atomic mass is 28.3. The molecule has 2 aromatic heterocycles. The lowest BCUT2D eigenvalue weighted by Crippen LogP contribution is -2.39. The zero-order valence-corrected chi connectivity index (χ0v) is 14.0. The van der Waals surface area contributed by atoms with Crippen molar-refractivity contribution in [1.29, 1.82) is 0 Å². The lowest BCUT2D eigenvalue weighted by Gasteiger charge is -2.11. The molecule has 0 amide bonds. The number of fused-ring (bicyclic) bond motifs is 3. The zero-order valence-electron chi connectivity index (χ0n) is 13.0. The maximum atomic E-state index is 6.08. The molecule has 0 aliphatic rings. The molecule has 0 aliphatic carbocycles. The normalized spacial score (nSPS) is 12.3. The fourth-order valence-corrected chi connectivity index (χ4v) is 3.75. The molecular weight excluding hydrogens is 288 g/mol. The number of furan rings is 1. The maximum Gasteiger partial charge on any atom is 0.161 e. The number of hydrogen-bond donors (Lipinski definition) is 0. The van der Waals surface area contributed by atoms with E-state index in [1.54, 1.807) is 0 Å². The summed E-state index contributed by atoms with van der Waals surface area (Å²) in [4.78, 5) is 0. The summed E-state index contributed by atoms with van der Waals surface area (Å²) >= 11 is 0. The first-order chi connectivity index (χ1) is 10.5. The molecule has 4 heteroatoms. The van der Waals surface area contributed by atoms with E-state index in [0.29, 0.717) is 0 Å². The van der Waals surface area contributed by atoms with Gasteiger partial charge in [0.05, 0.1) is 0 Å². The van der Waals surface area contributed by atoms with Gasteiger partial charge in [0, 0.05) is 22.3 Å². The molecule has 0 radical (unpaired) electrons. The second-order valence-electron chi connectivity index (χ2n) is 6.65. The van der Waals surface area contributed by atoms with E-state index in [9.17, 15) is 0 Å². The SMILES string of the molecule is C[Si](C)(C)c1ccn(-c2cccc3c2oc2ccccc23)n1. The van der Waals surface area contributed by atoms with E-state index in [1.807, 2.05) is 29.1 Å². The number of aromatic nitrogens is 2. The van der Waals surface area contributed by atoms with Crippen LogP contribution in [-0.2, 0) is 0 Å². The molecule has 3 nitrogen and oxygen atoms in total. The molecule has 0 fully saturated rings. The summed E-state index contributed by atoms with van der Waals surface area (Å²) in [7, 11) is -1.41. The predicted octanol–water partition coefficient (Wildman–Crippen LogP) is 4.32. The van der Waals surface area contributed by atoms with Gasteiger partial charge in [-0.1, -0.05) is 50.0 Å². The van der Waals surface area contributed by atoms with Crippen LogP contribution in [0.3, 0.4) is 0 Å². The van der Waals surface area contributed by atoms with E-state index < -0.39 is 8.07 Å². The van der Waals surface area contributed by atoms with Crippen LogP contribution in [0.2, 0.25) is 19.6 Å². The van der Waals surface area contributed by atoms with E-state index in [-0.39, 0.29) is 0 Å². The number of para-hydroxylation sites is 2. The van der Waals surface area contributed by atoms with Crippen LogP contribution in [0.5, 0.6) is 0 Å². The number of hydrogen-bond acceptors (Lipinski definition) is 2. The summed E-state index contributed by atoms with van der Waals surface area (Å²) in [6.07, 6.45) is 2.04. The van der Waals surface area contributed by atoms with E-state index >= 15 is 0 Å². The molecule has 0 aliphatic heterocycles. The van der Waals surface area contributed by atoms with Gasteiger partial charge in [0.15, 0.2) is 5.58 Å². The van der Waals surface area contributed by atoms with Gasteiger partial charge in [-0.15, -0.1) is 0 Å². The molecule has 0 bridgehead atoms. The van der Waals surface area contributed by atoms with Crippen LogP contribution in [0.25, 0.3) is 27.6 Å². The molecular formula is C18H18N2OSi. The summed E-state index contributed by atoms with van der Waals surface area (Å²) in [6.45, 7) is 6.92. The third kappa shape index (κ3) is 1.99. The molecule has 4 aromatic rings. The largest absolute Gasteiger partial charge is 0.454 e. The molecule has 0 spiro atoms. The zero-order chi connectivity index (χ0) is 15.3. The van der Waals surface area contributed by atoms with Crippen molar-refractivity contribution in [3.63, 3.8) is 0 Å². The van der Waals surface area contributed by atoms with Crippen LogP contribution < -0.4 is 5.32 Å². The third-order valence-electron chi connectivity index (χ3n) is 3.99. The smallest absolute Gasteiger partial charge is 0.161 e. The summed E-state index contributed by atoms with van der Waals surface area (Å²) in [5, 5.41) is 8.29. The highest BCUT2D eigenvalue weighted by Crippen LogP contribution is 2.31. The number of rotatable bonds is 2. The Morgan fingerprint density at radius 3 is 2.45 bits per heavy atom. The van der Waals surface area contributed by atoms with Crippen molar-refractivity contribution < 1.29 is 4.42 Å². The second-order valence-corrected chi connectivity index (χ2v) is 11.7. The number of benzene rings is 2. The topological polar surface area (TPSA) is 31.0 Å². The van der Waals surface area contributed by atoms with Gasteiger partial charge in [0.1, 0.15) is 19.3 Å². The Kier molecular flexibility index (Phi) is 2.78. The highest BCUT2D eigenvalue weighted by molar-refractivity contribution is 6.88. The first kappa shape index (κ1) is 13.3. The Morgan fingerprint density at radius 1 is 0.909 bits per heavy atom. The molecule has 4 rings (SSSR count). The Balaban J connectivity index is 1.97. The minimum absolute atomic E-state index is 0.897. The average Bonchev–Trinajstić information content (AvgIpc) is 3.11. The van der Waals surface area contributed by atoms with Gasteiger partial charge in [-0.25, -0.2) is 4.68 Å². The highest BCUT2D eigenvalue weighted by Gasteiger charge is 2.20. The minimum Gasteiger partial charge on any atom is -0.454 e. The fourth-order valence-electron chi connectivity index (χ4n) is 2.77. The maximum absolute atomic E-state index is 6.08. The van der Waals surface area contributed by atoms with Crippen molar-refractivity contribution in [2.75, 3.05) is 0 Å². The van der Waals surface area contributed by atoms with Crippen molar-refractivity contribution >= 4 is 35.3 Å². The van der Waals surface area contributed by atoms with E-state index in [4.69, 9.17) is 9.52 Å². The Bertz CT molecular complexity index is 976. The van der Waals surface area contributed by atoms with Crippen LogP contribution in [0.4, 0.5) is 0 Å². The summed E-state index contributed by atoms with van der Waals surface area (Å²) < 4.78 is 8.03. The standard InChI is InChI=1S/C18H18N2OSi/c1-22(2,3)17-11-12-20(19-17)15-9-6-8-14-13-7-4-5-10-16(13)21-18(14)15/h4-12H,1-3H3. The first-order valence-electron chi connectivity index (χ1n) is 7.51. The van der Waals surface area contributed by atoms with Gasteiger partial charge in [-0.2, -0.15) is 5.10 Å². The predicted molar refractivity (Wildman–Crippen MR) is 93.8 cm³/mol. The molecule has 110 valence electrons. The lowest BCUT2D eigenvalue weighted by molar-refractivity contribution is 0.662. The second kappa shape index (κ2) is 4.58. The molecule has 2 aromatic carbocycles. The molecule has 0 saturated carbocycles. The lowest BCUT2D eigenvalue weighted by atomic mass is 10.1. The summed E-state index contributed by atoms with van der Waals surface area (Å²) in [5.74, 6) is 0. The van der Waals surface area contributed by atoms with Crippen LogP contribution >= 0.6 is 0 Å². The molecule has 0 saturated heterocycles. The molecule has 0 unspecified atom stereocenters. The summed E-state index contributed by atoms with van der Waals surface area (Å²) in [6, 6.07) is 16.5. The van der Waals surface area contributed by atoms with Crippen LogP contribution in [0.15, 0.2) is 59.1 Å². The van der Waals surface area contributed by atoms with E-state index in [2.05, 4.69) is 50.0 Å². The van der Waals surface area contributed by atoms with E-state index in [0.717, 1.165) is 27.6 Å². The van der Waals surface area contributed by atoms with Crippen molar-refractivity contribution in [3.8, 4) is 5.69 Å². The van der Waals surface area contributed by atoms with Crippen molar-refractivity contribution in [2.24, 2.45) is 0 Å². The van der Waals surface area contributed by atoms with Gasteiger partial charge in [0.2, 0.25) is 0 Å². The first-order valence-corrected chi connectivity index (χ1v) is 11.0. The molecule has 0 atom stereocenters. The molecule has 0 N–H and O–H groups in total. The van der Waals surface area contributed by atoms with Gasteiger partial charge in [0.25, 0.3) is 0 Å². The fraction of sp³-hybridized carbons (Fsp3) is 0.167. The van der Waals surface area contributed by atoms with Gasteiger partial charge < -0.3 is 4.42 Å². The van der Waals surface area contributed by atoms with Gasteiger partial charge in [-0.3, -0.25) is 0 Å².